The molecule has 25 heavy (non-hydrogen) atoms. The van der Waals surface area contributed by atoms with Crippen molar-refractivity contribution in [2.45, 2.75) is 38.5 Å². The number of amides is 1. The predicted octanol–water partition coefficient (Wildman–Crippen LogP) is 2.36. The smallest absolute Gasteiger partial charge is 0.407 e. The fourth-order valence-corrected chi connectivity index (χ4v) is 3.39. The van der Waals surface area contributed by atoms with Crippen LogP contribution in [0, 0.1) is 17.8 Å². The van der Waals surface area contributed by atoms with E-state index in [0.717, 1.165) is 38.5 Å². The molecule has 2 bridgehead atoms. The molecule has 1 saturated carbocycles. The van der Waals surface area contributed by atoms with Gasteiger partial charge in [-0.2, -0.15) is 0 Å². The normalized spacial score (nSPS) is 23.1. The molecule has 1 N–H and O–H groups in total. The molecular weight excluding hydrogens is 324 g/mol. The average Bonchev–Trinajstić information content (AvgIpc) is 3.24. The number of hydrogen-bond donors (Lipinski definition) is 1. The van der Waals surface area contributed by atoms with E-state index in [2.05, 4.69) is 22.5 Å². The number of ether oxygens (including phenoxy) is 2. The van der Waals surface area contributed by atoms with Gasteiger partial charge in [0.2, 0.25) is 6.08 Å². The number of allylic oxidation sites excluding steroid dienone is 2. The average molecular weight is 350 g/mol. The van der Waals surface area contributed by atoms with E-state index in [9.17, 15) is 14.4 Å². The maximum atomic E-state index is 12.0. The van der Waals surface area contributed by atoms with Crippen molar-refractivity contribution in [3.05, 3.63) is 12.2 Å². The van der Waals surface area contributed by atoms with E-state index < -0.39 is 6.09 Å². The molecule has 0 heterocycles. The van der Waals surface area contributed by atoms with E-state index in [4.69, 9.17) is 9.47 Å². The zero-order valence-electron chi connectivity index (χ0n) is 14.4. The molecular formula is C18H26N2O5. The molecule has 0 aromatic carbocycles. The van der Waals surface area contributed by atoms with Crippen LogP contribution < -0.4 is 5.32 Å². The summed E-state index contributed by atoms with van der Waals surface area (Å²) < 4.78 is 10.2. The zero-order valence-corrected chi connectivity index (χ0v) is 14.4. The topological polar surface area (TPSA) is 94.1 Å². The summed E-state index contributed by atoms with van der Waals surface area (Å²) in [4.78, 5) is 36.8. The van der Waals surface area contributed by atoms with Gasteiger partial charge in [-0.15, -0.1) is 0 Å². The van der Waals surface area contributed by atoms with Crippen molar-refractivity contribution < 1.29 is 23.9 Å². The first kappa shape index (κ1) is 19.2. The summed E-state index contributed by atoms with van der Waals surface area (Å²) in [5, 5.41) is 2.65. The Morgan fingerprint density at radius 3 is 2.60 bits per heavy atom. The molecule has 0 radical (unpaired) electrons. The molecule has 138 valence electrons. The third kappa shape index (κ3) is 6.70. The number of fused-ring (bicyclic) bond motifs is 2. The van der Waals surface area contributed by atoms with Crippen molar-refractivity contribution in [2.24, 2.45) is 22.7 Å². The van der Waals surface area contributed by atoms with Gasteiger partial charge in [-0.05, 0) is 37.5 Å². The summed E-state index contributed by atoms with van der Waals surface area (Å²) in [7, 11) is 0. The number of aliphatic imine (C=N–C) groups is 1. The van der Waals surface area contributed by atoms with Gasteiger partial charge >= 0.3 is 12.1 Å². The van der Waals surface area contributed by atoms with Crippen LogP contribution in [0.4, 0.5) is 4.79 Å². The molecule has 3 atom stereocenters. The summed E-state index contributed by atoms with van der Waals surface area (Å²) >= 11 is 0. The van der Waals surface area contributed by atoms with Gasteiger partial charge in [0.15, 0.2) is 0 Å². The predicted molar refractivity (Wildman–Crippen MR) is 90.6 cm³/mol. The van der Waals surface area contributed by atoms with Gasteiger partial charge in [0.05, 0.1) is 12.5 Å². The quantitative estimate of drug-likeness (QED) is 0.203. The minimum absolute atomic E-state index is 0.0268. The molecule has 7 nitrogen and oxygen atoms in total. The molecule has 3 unspecified atom stereocenters. The van der Waals surface area contributed by atoms with Crippen LogP contribution in [0.1, 0.15) is 38.5 Å². The lowest BCUT2D eigenvalue weighted by molar-refractivity contribution is -0.150. The third-order valence-electron chi connectivity index (χ3n) is 4.67. The number of esters is 1. The Kier molecular flexibility index (Phi) is 8.19. The van der Waals surface area contributed by atoms with Crippen LogP contribution in [-0.2, 0) is 19.1 Å². The molecule has 1 fully saturated rings. The van der Waals surface area contributed by atoms with Gasteiger partial charge in [0.25, 0.3) is 0 Å². The van der Waals surface area contributed by atoms with Crippen LogP contribution in [-0.4, -0.2) is 44.4 Å². The summed E-state index contributed by atoms with van der Waals surface area (Å²) in [6.07, 6.45) is 10.8. The summed E-state index contributed by atoms with van der Waals surface area (Å²) in [6.45, 7) is 1.21. The lowest BCUT2D eigenvalue weighted by Gasteiger charge is -2.16. The van der Waals surface area contributed by atoms with Crippen LogP contribution in [0.25, 0.3) is 0 Å². The van der Waals surface area contributed by atoms with E-state index in [0.29, 0.717) is 24.9 Å². The Morgan fingerprint density at radius 2 is 1.88 bits per heavy atom. The number of alkyl carbamates (subject to hydrolysis) is 1. The van der Waals surface area contributed by atoms with Crippen molar-refractivity contribution in [1.29, 1.82) is 0 Å². The number of isocyanates is 1. The van der Waals surface area contributed by atoms with Crippen molar-refractivity contribution in [3.63, 3.8) is 0 Å². The van der Waals surface area contributed by atoms with Gasteiger partial charge in [-0.3, -0.25) is 4.79 Å². The van der Waals surface area contributed by atoms with E-state index in [1.807, 2.05) is 0 Å². The number of hydrogen-bond acceptors (Lipinski definition) is 6. The second-order valence-electron chi connectivity index (χ2n) is 6.50. The number of carbonyl (C=O) groups is 2. The molecule has 2 rings (SSSR count). The number of nitrogens with zero attached hydrogens (tertiary/aromatic N) is 1. The molecule has 1 amide bonds. The first-order valence-corrected chi connectivity index (χ1v) is 9.00. The monoisotopic (exact) mass is 350 g/mol. The van der Waals surface area contributed by atoms with Crippen LogP contribution in [0.2, 0.25) is 0 Å². The Balaban J connectivity index is 1.41. The Labute approximate surface area is 147 Å². The maximum Gasteiger partial charge on any atom is 0.407 e. The Morgan fingerprint density at radius 1 is 1.08 bits per heavy atom. The van der Waals surface area contributed by atoms with Crippen LogP contribution >= 0.6 is 0 Å². The van der Waals surface area contributed by atoms with Gasteiger partial charge in [-0.1, -0.05) is 25.0 Å². The second kappa shape index (κ2) is 10.7. The van der Waals surface area contributed by atoms with Crippen molar-refractivity contribution in [3.8, 4) is 0 Å². The largest absolute Gasteiger partial charge is 0.462 e. The summed E-state index contributed by atoms with van der Waals surface area (Å²) in [5.41, 5.74) is 0. The number of carbonyl (C=O) groups excluding carboxylic acids is 3. The minimum Gasteiger partial charge on any atom is -0.462 e. The van der Waals surface area contributed by atoms with Gasteiger partial charge in [0, 0.05) is 6.54 Å². The van der Waals surface area contributed by atoms with Crippen molar-refractivity contribution >= 4 is 18.1 Å². The van der Waals surface area contributed by atoms with E-state index in [-0.39, 0.29) is 25.1 Å². The summed E-state index contributed by atoms with van der Waals surface area (Å²) in [6, 6.07) is 0. The second-order valence-corrected chi connectivity index (χ2v) is 6.50. The molecule has 0 saturated heterocycles. The van der Waals surface area contributed by atoms with Gasteiger partial charge < -0.3 is 14.8 Å². The highest BCUT2D eigenvalue weighted by Gasteiger charge is 2.40. The maximum absolute atomic E-state index is 12.0. The van der Waals surface area contributed by atoms with Crippen molar-refractivity contribution in [2.75, 3.05) is 26.3 Å². The molecule has 0 aromatic rings. The molecule has 2 aliphatic carbocycles. The standard InChI is InChI=1S/C18H26N2O5/c21-13-19-7-3-1-2-4-8-20-18(23)25-10-9-24-17(22)16-12-14-5-6-15(16)11-14/h5-6,14-16H,1-4,7-12H2,(H,20,23). The number of rotatable bonds is 11. The highest BCUT2D eigenvalue weighted by molar-refractivity contribution is 5.74. The number of nitrogens with one attached hydrogen (secondary N) is 1. The molecule has 0 aliphatic heterocycles. The van der Waals surface area contributed by atoms with Crippen LogP contribution in [0.3, 0.4) is 0 Å². The van der Waals surface area contributed by atoms with Crippen LogP contribution in [0.5, 0.6) is 0 Å². The molecule has 0 spiro atoms. The lowest BCUT2D eigenvalue weighted by atomic mass is 9.94. The fraction of sp³-hybridized carbons (Fsp3) is 0.722. The molecule has 2 aliphatic rings. The Bertz CT molecular complexity index is 528. The zero-order chi connectivity index (χ0) is 17.9. The van der Waals surface area contributed by atoms with Gasteiger partial charge in [-0.25, -0.2) is 14.6 Å². The Hall–Kier alpha value is -2.14. The third-order valence-corrected chi connectivity index (χ3v) is 4.67. The first-order chi connectivity index (χ1) is 12.2. The SMILES string of the molecule is O=C=NCCCCCCNC(=O)OCCOC(=O)C1CC2C=CC1C2. The minimum atomic E-state index is -0.496. The molecule has 0 aromatic heterocycles. The summed E-state index contributed by atoms with van der Waals surface area (Å²) in [5.74, 6) is 0.648. The van der Waals surface area contributed by atoms with E-state index >= 15 is 0 Å². The fourth-order valence-electron chi connectivity index (χ4n) is 3.39. The highest BCUT2D eigenvalue weighted by atomic mass is 16.6. The highest BCUT2D eigenvalue weighted by Crippen LogP contribution is 2.43. The first-order valence-electron chi connectivity index (χ1n) is 9.00. The van der Waals surface area contributed by atoms with E-state index in [1.54, 1.807) is 0 Å². The lowest BCUT2D eigenvalue weighted by Crippen LogP contribution is -2.28. The van der Waals surface area contributed by atoms with E-state index in [1.165, 1.54) is 6.08 Å². The van der Waals surface area contributed by atoms with Gasteiger partial charge in [0.1, 0.15) is 13.2 Å². The molecule has 7 heteroatoms. The van der Waals surface area contributed by atoms with Crippen molar-refractivity contribution in [1.82, 2.24) is 5.32 Å². The van der Waals surface area contributed by atoms with Crippen LogP contribution in [0.15, 0.2) is 17.1 Å². The number of unbranched alkanes of at least 4 members (excludes halogenated alkanes) is 3.